The average molecular weight is 345 g/mol. The number of fused-ring (bicyclic) bond motifs is 1. The normalized spacial score (nSPS) is 15.4. The second-order valence-corrected chi connectivity index (χ2v) is 6.99. The molecule has 0 bridgehead atoms. The van der Waals surface area contributed by atoms with E-state index in [1.165, 1.54) is 10.9 Å². The Hall–Kier alpha value is -1.85. The monoisotopic (exact) mass is 344 g/mol. The molecule has 4 nitrogen and oxygen atoms in total. The Bertz CT molecular complexity index is 839. The molecule has 23 heavy (non-hydrogen) atoms. The lowest BCUT2D eigenvalue weighted by molar-refractivity contribution is 0.649. The molecule has 0 atom stereocenters. The Balaban J connectivity index is 1.58. The van der Waals surface area contributed by atoms with Gasteiger partial charge in [-0.1, -0.05) is 23.7 Å². The molecule has 1 fully saturated rings. The molecule has 1 aromatic carbocycles. The van der Waals surface area contributed by atoms with E-state index in [9.17, 15) is 0 Å². The molecule has 4 rings (SSSR count). The van der Waals surface area contributed by atoms with Crippen LogP contribution in [0.3, 0.4) is 0 Å². The molecular weight excluding hydrogens is 328 g/mol. The van der Waals surface area contributed by atoms with E-state index in [4.69, 9.17) is 11.6 Å². The number of anilines is 2. The van der Waals surface area contributed by atoms with Crippen LogP contribution in [0.25, 0.3) is 10.2 Å². The summed E-state index contributed by atoms with van der Waals surface area (Å²) in [5, 5.41) is 4.17. The molecular formula is C17H17ClN4S. The number of aromatic nitrogens is 2. The van der Waals surface area contributed by atoms with Crippen LogP contribution in [0, 0.1) is 6.92 Å². The smallest absolute Gasteiger partial charge is 0.141 e. The van der Waals surface area contributed by atoms with E-state index in [-0.39, 0.29) is 0 Å². The largest absolute Gasteiger partial charge is 0.367 e. The highest BCUT2D eigenvalue weighted by molar-refractivity contribution is 7.17. The lowest BCUT2D eigenvalue weighted by Crippen LogP contribution is -2.47. The van der Waals surface area contributed by atoms with Crippen LogP contribution in [0.1, 0.15) is 5.56 Å². The second-order valence-electron chi connectivity index (χ2n) is 5.72. The fraction of sp³-hybridized carbons (Fsp3) is 0.294. The summed E-state index contributed by atoms with van der Waals surface area (Å²) in [5.41, 5.74) is 2.38. The van der Waals surface area contributed by atoms with Crippen LogP contribution in [0.2, 0.25) is 5.02 Å². The van der Waals surface area contributed by atoms with Crippen LogP contribution in [0.5, 0.6) is 0 Å². The zero-order valence-electron chi connectivity index (χ0n) is 12.9. The Morgan fingerprint density at radius 3 is 2.57 bits per heavy atom. The van der Waals surface area contributed by atoms with E-state index in [2.05, 4.69) is 38.1 Å². The number of nitrogens with zero attached hydrogens (tertiary/aromatic N) is 4. The molecule has 118 valence electrons. The molecule has 0 radical (unpaired) electrons. The maximum absolute atomic E-state index is 6.32. The maximum Gasteiger partial charge on any atom is 0.141 e. The van der Waals surface area contributed by atoms with Gasteiger partial charge >= 0.3 is 0 Å². The highest BCUT2D eigenvalue weighted by Gasteiger charge is 2.22. The number of halogens is 1. The third-order valence-corrected chi connectivity index (χ3v) is 5.63. The summed E-state index contributed by atoms with van der Waals surface area (Å²) >= 11 is 8.01. The van der Waals surface area contributed by atoms with Gasteiger partial charge in [-0.15, -0.1) is 11.3 Å². The van der Waals surface area contributed by atoms with Gasteiger partial charge in [-0.3, -0.25) is 0 Å². The summed E-state index contributed by atoms with van der Waals surface area (Å²) in [6.45, 7) is 5.89. The quantitative estimate of drug-likeness (QED) is 0.704. The van der Waals surface area contributed by atoms with Crippen molar-refractivity contribution in [1.29, 1.82) is 0 Å². The summed E-state index contributed by atoms with van der Waals surface area (Å²) in [5.74, 6) is 1.06. The molecule has 0 saturated carbocycles. The maximum atomic E-state index is 6.32. The summed E-state index contributed by atoms with van der Waals surface area (Å²) < 4.78 is 0. The van der Waals surface area contributed by atoms with Crippen molar-refractivity contribution in [3.63, 3.8) is 0 Å². The van der Waals surface area contributed by atoms with Gasteiger partial charge in [-0.25, -0.2) is 9.97 Å². The van der Waals surface area contributed by atoms with Crippen LogP contribution >= 0.6 is 22.9 Å². The molecule has 0 spiro atoms. The molecule has 0 amide bonds. The molecule has 3 aromatic rings. The van der Waals surface area contributed by atoms with Crippen LogP contribution < -0.4 is 9.80 Å². The van der Waals surface area contributed by atoms with Gasteiger partial charge in [-0.05, 0) is 30.0 Å². The van der Waals surface area contributed by atoms with Gasteiger partial charge in [0, 0.05) is 26.2 Å². The number of hydrogen-bond acceptors (Lipinski definition) is 5. The minimum atomic E-state index is 0.819. The third kappa shape index (κ3) is 2.64. The van der Waals surface area contributed by atoms with Crippen molar-refractivity contribution >= 4 is 44.7 Å². The lowest BCUT2D eigenvalue weighted by atomic mass is 10.2. The number of benzene rings is 1. The first-order valence-electron chi connectivity index (χ1n) is 7.67. The number of para-hydroxylation sites is 1. The topological polar surface area (TPSA) is 32.3 Å². The van der Waals surface area contributed by atoms with Gasteiger partial charge in [0.2, 0.25) is 0 Å². The SMILES string of the molecule is Cc1csc2ncnc(N3CCN(c4ccccc4Cl)CC3)c12. The van der Waals surface area contributed by atoms with Crippen LogP contribution in [0.4, 0.5) is 11.5 Å². The summed E-state index contributed by atoms with van der Waals surface area (Å²) in [7, 11) is 0. The predicted molar refractivity (Wildman–Crippen MR) is 98.0 cm³/mol. The zero-order valence-corrected chi connectivity index (χ0v) is 14.4. The molecule has 1 saturated heterocycles. The van der Waals surface area contributed by atoms with Crippen LogP contribution in [-0.4, -0.2) is 36.1 Å². The minimum Gasteiger partial charge on any atom is -0.367 e. The van der Waals surface area contributed by atoms with Gasteiger partial charge in [-0.2, -0.15) is 0 Å². The van der Waals surface area contributed by atoms with Crippen molar-refractivity contribution in [3.05, 3.63) is 46.6 Å². The summed E-state index contributed by atoms with van der Waals surface area (Å²) in [4.78, 5) is 14.7. The Morgan fingerprint density at radius 2 is 1.78 bits per heavy atom. The van der Waals surface area contributed by atoms with Gasteiger partial charge in [0.05, 0.1) is 16.1 Å². The number of piperazine rings is 1. The highest BCUT2D eigenvalue weighted by atomic mass is 35.5. The van der Waals surface area contributed by atoms with E-state index in [1.54, 1.807) is 17.7 Å². The molecule has 0 N–H and O–H groups in total. The highest BCUT2D eigenvalue weighted by Crippen LogP contribution is 2.32. The van der Waals surface area contributed by atoms with Crippen LogP contribution in [-0.2, 0) is 0 Å². The molecule has 3 heterocycles. The first-order valence-corrected chi connectivity index (χ1v) is 8.93. The Morgan fingerprint density at radius 1 is 1.04 bits per heavy atom. The Labute approximate surface area is 144 Å². The first kappa shape index (κ1) is 14.7. The number of rotatable bonds is 2. The van der Waals surface area contributed by atoms with Gasteiger partial charge in [0.1, 0.15) is 17.0 Å². The van der Waals surface area contributed by atoms with Crippen molar-refractivity contribution in [3.8, 4) is 0 Å². The van der Waals surface area contributed by atoms with E-state index in [0.29, 0.717) is 0 Å². The van der Waals surface area contributed by atoms with Gasteiger partial charge < -0.3 is 9.80 Å². The fourth-order valence-electron chi connectivity index (χ4n) is 3.11. The summed E-state index contributed by atoms with van der Waals surface area (Å²) in [6, 6.07) is 8.05. The number of thiophene rings is 1. The fourth-order valence-corrected chi connectivity index (χ4v) is 4.24. The van der Waals surface area contributed by atoms with E-state index >= 15 is 0 Å². The average Bonchev–Trinajstić information content (AvgIpc) is 2.97. The Kier molecular flexibility index (Phi) is 3.83. The van der Waals surface area contributed by atoms with Crippen molar-refractivity contribution in [2.24, 2.45) is 0 Å². The zero-order chi connectivity index (χ0) is 15.8. The molecule has 1 aliphatic heterocycles. The molecule has 0 unspecified atom stereocenters. The molecule has 0 aliphatic carbocycles. The van der Waals surface area contributed by atoms with Gasteiger partial charge in [0.25, 0.3) is 0 Å². The van der Waals surface area contributed by atoms with E-state index in [0.717, 1.165) is 47.5 Å². The van der Waals surface area contributed by atoms with Crippen LogP contribution in [0.15, 0.2) is 36.0 Å². The first-order chi connectivity index (χ1) is 11.2. The number of hydrogen-bond donors (Lipinski definition) is 0. The standard InChI is InChI=1S/C17H17ClN4S/c1-12-10-23-17-15(12)16(19-11-20-17)22-8-6-21(7-9-22)14-5-3-2-4-13(14)18/h2-5,10-11H,6-9H2,1H3. The van der Waals surface area contributed by atoms with Crippen molar-refractivity contribution in [2.75, 3.05) is 36.0 Å². The minimum absolute atomic E-state index is 0.819. The van der Waals surface area contributed by atoms with Crippen molar-refractivity contribution in [1.82, 2.24) is 9.97 Å². The number of aryl methyl sites for hydroxylation is 1. The van der Waals surface area contributed by atoms with Crippen molar-refractivity contribution < 1.29 is 0 Å². The molecule has 6 heteroatoms. The van der Waals surface area contributed by atoms with E-state index in [1.807, 2.05) is 18.2 Å². The third-order valence-electron chi connectivity index (χ3n) is 4.31. The summed E-state index contributed by atoms with van der Waals surface area (Å²) in [6.07, 6.45) is 1.67. The predicted octanol–water partition coefficient (Wildman–Crippen LogP) is 3.98. The van der Waals surface area contributed by atoms with Crippen molar-refractivity contribution in [2.45, 2.75) is 6.92 Å². The molecule has 1 aliphatic rings. The molecule has 2 aromatic heterocycles. The second kappa shape index (κ2) is 5.98. The lowest BCUT2D eigenvalue weighted by Gasteiger charge is -2.37. The van der Waals surface area contributed by atoms with E-state index < -0.39 is 0 Å². The van der Waals surface area contributed by atoms with Gasteiger partial charge in [0.15, 0.2) is 0 Å².